The lowest BCUT2D eigenvalue weighted by molar-refractivity contribution is 0.0692. The third-order valence-electron chi connectivity index (χ3n) is 6.28. The van der Waals surface area contributed by atoms with Gasteiger partial charge in [0.25, 0.3) is 10.0 Å². The summed E-state index contributed by atoms with van der Waals surface area (Å²) in [6.07, 6.45) is 7.97. The summed E-state index contributed by atoms with van der Waals surface area (Å²) in [5, 5.41) is 16.2. The molecule has 0 aliphatic carbocycles. The number of nitrogens with one attached hydrogen (secondary N) is 2. The topological polar surface area (TPSA) is 210 Å². The Labute approximate surface area is 277 Å². The van der Waals surface area contributed by atoms with Crippen LogP contribution in [0.5, 0.6) is 11.8 Å². The van der Waals surface area contributed by atoms with Crippen LogP contribution in [-0.4, -0.2) is 68.5 Å². The van der Waals surface area contributed by atoms with Crippen molar-refractivity contribution in [3.63, 3.8) is 0 Å². The summed E-state index contributed by atoms with van der Waals surface area (Å²) in [6.45, 7) is 2.28. The Hall–Kier alpha value is -5.18. The minimum Gasteiger partial charge on any atom is -0.479 e. The molecule has 1 aliphatic rings. The first kappa shape index (κ1) is 34.7. The molecule has 0 bridgehead atoms. The van der Waals surface area contributed by atoms with Crippen LogP contribution in [0.15, 0.2) is 46.1 Å². The Morgan fingerprint density at radius 1 is 1.13 bits per heavy atom. The Bertz CT molecular complexity index is 2040. The van der Waals surface area contributed by atoms with E-state index < -0.39 is 32.5 Å². The largest absolute Gasteiger partial charge is 0.479 e. The lowest BCUT2D eigenvalue weighted by atomic mass is 10.2. The molecule has 47 heavy (non-hydrogen) atoms. The third-order valence-corrected chi connectivity index (χ3v) is 8.27. The van der Waals surface area contributed by atoms with E-state index in [0.29, 0.717) is 28.0 Å². The van der Waals surface area contributed by atoms with E-state index in [9.17, 15) is 22.8 Å². The summed E-state index contributed by atoms with van der Waals surface area (Å²) in [7, 11) is -3.11. The van der Waals surface area contributed by atoms with Gasteiger partial charge in [0.15, 0.2) is 0 Å². The number of fused-ring (bicyclic) bond motifs is 1. The molecule has 0 saturated heterocycles. The highest BCUT2D eigenvalue weighted by Gasteiger charge is 2.25. The molecule has 246 valence electrons. The van der Waals surface area contributed by atoms with Gasteiger partial charge in [-0.25, -0.2) is 27.5 Å². The van der Waals surface area contributed by atoms with Gasteiger partial charge in [-0.3, -0.25) is 9.88 Å². The molecule has 0 atom stereocenters. The van der Waals surface area contributed by atoms with Crippen LogP contribution in [0.2, 0.25) is 10.0 Å². The summed E-state index contributed by atoms with van der Waals surface area (Å²) < 4.78 is 39.3. The molecule has 0 saturated carbocycles. The van der Waals surface area contributed by atoms with Gasteiger partial charge in [-0.05, 0) is 38.0 Å². The lowest BCUT2D eigenvalue weighted by Gasteiger charge is -2.10. The molecule has 0 unspecified atom stereocenters. The number of sulfonamides is 1. The minimum atomic E-state index is -4.43. The second-order valence-corrected chi connectivity index (χ2v) is 12.0. The zero-order valence-electron chi connectivity index (χ0n) is 24.7. The quantitative estimate of drug-likeness (QED) is 0.226. The maximum atomic E-state index is 12.5. The molecule has 4 aromatic rings. The number of terminal acetylenes is 1. The number of aromatic nitrogens is 6. The van der Waals surface area contributed by atoms with Crippen LogP contribution in [0, 0.1) is 19.3 Å². The molecular formula is C28H26Cl2N8O8S. The molecule has 0 radical (unpaired) electrons. The van der Waals surface area contributed by atoms with Gasteiger partial charge in [-0.15, -0.1) is 11.5 Å². The van der Waals surface area contributed by atoms with Crippen molar-refractivity contribution < 1.29 is 32.6 Å². The summed E-state index contributed by atoms with van der Waals surface area (Å²) in [4.78, 5) is 46.3. The van der Waals surface area contributed by atoms with Crippen molar-refractivity contribution in [2.24, 2.45) is 0 Å². The number of ether oxygens (including phenoxy) is 2. The summed E-state index contributed by atoms with van der Waals surface area (Å²) >= 11 is 12.3. The Morgan fingerprint density at radius 3 is 2.55 bits per heavy atom. The van der Waals surface area contributed by atoms with Crippen LogP contribution in [-0.2, 0) is 23.0 Å². The van der Waals surface area contributed by atoms with E-state index in [-0.39, 0.29) is 30.1 Å². The Morgan fingerprint density at radius 2 is 1.87 bits per heavy atom. The fourth-order valence-corrected chi connectivity index (χ4v) is 5.88. The number of urea groups is 1. The van der Waals surface area contributed by atoms with Crippen LogP contribution in [0.25, 0.3) is 5.69 Å². The number of halogens is 2. The molecule has 2 aromatic carbocycles. The highest BCUT2D eigenvalue weighted by Crippen LogP contribution is 2.32. The van der Waals surface area contributed by atoms with E-state index in [1.807, 2.05) is 0 Å². The standard InChI is InChI=1S/C15H13Cl2N3O2.C13H13N5O6S/c1-2-7-22-13-9-12(10(16)8-11(13)17)20-15(21)19-6-4-3-5-14(19)18-20;1-7-14-11(17-13(15-7)24-2)16-12(21)18-25(22,23)9-6-4-3-5-8(9)10(19)20/h1,8-9H,3-7H2;3-6H,1-2H3,(H,19,20)(H2,14,15,16,17,18,21). The van der Waals surface area contributed by atoms with Crippen molar-refractivity contribution >= 4 is 51.2 Å². The first-order chi connectivity index (χ1) is 22.3. The predicted molar refractivity (Wildman–Crippen MR) is 169 cm³/mol. The monoisotopic (exact) mass is 704 g/mol. The number of hydrogen-bond acceptors (Lipinski definition) is 11. The number of amides is 2. The molecule has 2 amide bonds. The molecule has 0 spiro atoms. The normalized spacial score (nSPS) is 12.1. The second kappa shape index (κ2) is 14.9. The van der Waals surface area contributed by atoms with Gasteiger partial charge in [0.2, 0.25) is 5.95 Å². The number of methoxy groups -OCH3 is 1. The molecular weight excluding hydrogens is 679 g/mol. The maximum absolute atomic E-state index is 12.5. The number of benzene rings is 2. The van der Waals surface area contributed by atoms with E-state index in [4.69, 9.17) is 44.2 Å². The third kappa shape index (κ3) is 8.35. The first-order valence-corrected chi connectivity index (χ1v) is 15.8. The fraction of sp³-hybridized carbons (Fsp3) is 0.250. The average Bonchev–Trinajstić information content (AvgIpc) is 3.36. The molecule has 0 fully saturated rings. The van der Waals surface area contributed by atoms with Crippen LogP contribution >= 0.6 is 23.2 Å². The van der Waals surface area contributed by atoms with Gasteiger partial charge < -0.3 is 14.6 Å². The summed E-state index contributed by atoms with van der Waals surface area (Å²) in [6, 6.07) is 6.73. The average molecular weight is 706 g/mol. The van der Waals surface area contributed by atoms with Crippen molar-refractivity contribution in [2.45, 2.75) is 37.6 Å². The van der Waals surface area contributed by atoms with Gasteiger partial charge in [-0.1, -0.05) is 41.3 Å². The molecule has 16 nitrogen and oxygen atoms in total. The first-order valence-electron chi connectivity index (χ1n) is 13.5. The Kier molecular flexibility index (Phi) is 11.0. The number of carbonyl (C=O) groups excluding carboxylic acids is 1. The van der Waals surface area contributed by atoms with Crippen LogP contribution < -0.4 is 25.2 Å². The SMILES string of the molecule is C#CCOc1cc(-n2nc3n(c2=O)CCCC3)c(Cl)cc1Cl.COc1nc(C)nc(NC(=O)NS(=O)(=O)c2ccccc2C(=O)O)n1. The minimum absolute atomic E-state index is 0.0677. The van der Waals surface area contributed by atoms with Crippen molar-refractivity contribution in [2.75, 3.05) is 19.0 Å². The molecule has 19 heteroatoms. The van der Waals surface area contributed by atoms with Crippen molar-refractivity contribution in [3.8, 4) is 29.8 Å². The maximum Gasteiger partial charge on any atom is 0.350 e. The van der Waals surface area contributed by atoms with Crippen molar-refractivity contribution in [1.29, 1.82) is 0 Å². The van der Waals surface area contributed by atoms with Gasteiger partial charge >= 0.3 is 23.7 Å². The number of anilines is 1. The number of aromatic carboxylic acids is 1. The van der Waals surface area contributed by atoms with E-state index in [1.54, 1.807) is 15.4 Å². The number of rotatable bonds is 8. The predicted octanol–water partition coefficient (Wildman–Crippen LogP) is 3.09. The second-order valence-electron chi connectivity index (χ2n) is 9.50. The number of nitrogens with zero attached hydrogens (tertiary/aromatic N) is 6. The molecule has 2 aromatic heterocycles. The lowest BCUT2D eigenvalue weighted by Crippen LogP contribution is -2.35. The van der Waals surface area contributed by atoms with E-state index >= 15 is 0 Å². The molecule has 5 rings (SSSR count). The van der Waals surface area contributed by atoms with Crippen LogP contribution in [0.4, 0.5) is 10.7 Å². The zero-order chi connectivity index (χ0) is 34.3. The van der Waals surface area contributed by atoms with Gasteiger partial charge in [0.1, 0.15) is 28.9 Å². The van der Waals surface area contributed by atoms with Gasteiger partial charge in [0, 0.05) is 19.0 Å². The fourth-order valence-electron chi connectivity index (χ4n) is 4.25. The molecule has 3 heterocycles. The zero-order valence-corrected chi connectivity index (χ0v) is 27.1. The smallest absolute Gasteiger partial charge is 0.350 e. The van der Waals surface area contributed by atoms with Crippen molar-refractivity contribution in [1.82, 2.24) is 34.0 Å². The number of carboxylic acid groups (broad SMARTS) is 1. The van der Waals surface area contributed by atoms with E-state index in [0.717, 1.165) is 37.2 Å². The van der Waals surface area contributed by atoms with E-state index in [1.165, 1.54) is 36.9 Å². The Balaban J connectivity index is 0.000000214. The number of hydrogen-bond donors (Lipinski definition) is 3. The molecule has 1 aliphatic heterocycles. The highest BCUT2D eigenvalue weighted by molar-refractivity contribution is 7.90. The highest BCUT2D eigenvalue weighted by atomic mass is 35.5. The van der Waals surface area contributed by atoms with Crippen LogP contribution in [0.1, 0.15) is 34.8 Å². The van der Waals surface area contributed by atoms with Crippen LogP contribution in [0.3, 0.4) is 0 Å². The van der Waals surface area contributed by atoms with Gasteiger partial charge in [-0.2, -0.15) is 19.6 Å². The number of aryl methyl sites for hydroxylation is 2. The number of carbonyl (C=O) groups is 2. The van der Waals surface area contributed by atoms with Crippen molar-refractivity contribution in [3.05, 3.63) is 74.1 Å². The summed E-state index contributed by atoms with van der Waals surface area (Å²) in [5.74, 6) is 2.07. The summed E-state index contributed by atoms with van der Waals surface area (Å²) in [5.41, 5.74) is -0.243. The molecule has 3 N–H and O–H groups in total. The van der Waals surface area contributed by atoms with Gasteiger partial charge in [0.05, 0.1) is 28.4 Å². The van der Waals surface area contributed by atoms with E-state index in [2.05, 4.69) is 31.3 Å². The number of carboxylic acids is 1.